The van der Waals surface area contributed by atoms with E-state index in [0.29, 0.717) is 10.6 Å². The number of benzene rings is 2. The van der Waals surface area contributed by atoms with Crippen molar-refractivity contribution in [3.63, 3.8) is 0 Å². The van der Waals surface area contributed by atoms with Gasteiger partial charge in [-0.25, -0.2) is 4.79 Å². The van der Waals surface area contributed by atoms with Gasteiger partial charge in [0.15, 0.2) is 0 Å². The van der Waals surface area contributed by atoms with Crippen LogP contribution >= 0.6 is 0 Å². The number of imide groups is 1. The number of ether oxygens (including phenoxy) is 1. The second-order valence-corrected chi connectivity index (χ2v) is 6.55. The number of carbonyl (C=O) groups excluding carboxylic acids is 3. The molecule has 4 amide bonds. The van der Waals surface area contributed by atoms with Gasteiger partial charge in [-0.05, 0) is 36.2 Å². The van der Waals surface area contributed by atoms with Crippen LogP contribution in [0.15, 0.2) is 54.6 Å². The number of alkyl halides is 3. The van der Waals surface area contributed by atoms with Crippen LogP contribution in [0.4, 0.5) is 18.0 Å². The third kappa shape index (κ3) is 3.93. The highest BCUT2D eigenvalue weighted by Gasteiger charge is 2.68. The number of hydrogen-bond acceptors (Lipinski definition) is 4. The summed E-state index contributed by atoms with van der Waals surface area (Å²) < 4.78 is 46.6. The summed E-state index contributed by atoms with van der Waals surface area (Å²) in [6.07, 6.45) is -5.09. The zero-order valence-electron chi connectivity index (χ0n) is 15.8. The van der Waals surface area contributed by atoms with Gasteiger partial charge in [0.2, 0.25) is 0 Å². The van der Waals surface area contributed by atoms with Crippen LogP contribution in [-0.4, -0.2) is 48.2 Å². The quantitative estimate of drug-likeness (QED) is 0.702. The van der Waals surface area contributed by atoms with Crippen molar-refractivity contribution in [3.05, 3.63) is 65.7 Å². The van der Waals surface area contributed by atoms with Crippen LogP contribution in [-0.2, 0) is 11.2 Å². The van der Waals surface area contributed by atoms with E-state index in [4.69, 9.17) is 4.74 Å². The minimum absolute atomic E-state index is 0.135. The summed E-state index contributed by atoms with van der Waals surface area (Å²) in [6.45, 7) is -0.273. The number of amides is 4. The summed E-state index contributed by atoms with van der Waals surface area (Å²) in [4.78, 5) is 37.7. The smallest absolute Gasteiger partial charge is 0.440 e. The van der Waals surface area contributed by atoms with E-state index in [1.165, 1.54) is 31.4 Å². The van der Waals surface area contributed by atoms with Gasteiger partial charge in [0.05, 0.1) is 7.11 Å². The molecule has 1 atom stereocenters. The molecule has 1 saturated heterocycles. The number of carbonyl (C=O) groups is 3. The molecule has 3 rings (SSSR count). The molecule has 0 bridgehead atoms. The first-order valence-corrected chi connectivity index (χ1v) is 8.89. The van der Waals surface area contributed by atoms with Crippen molar-refractivity contribution in [3.8, 4) is 5.75 Å². The maximum absolute atomic E-state index is 13.9. The summed E-state index contributed by atoms with van der Waals surface area (Å²) in [7, 11) is 1.39. The first-order chi connectivity index (χ1) is 14.2. The molecule has 2 aromatic rings. The van der Waals surface area contributed by atoms with Gasteiger partial charge < -0.3 is 10.1 Å². The minimum Gasteiger partial charge on any atom is -0.497 e. The molecule has 0 spiro atoms. The predicted octanol–water partition coefficient (Wildman–Crippen LogP) is 2.48. The zero-order chi connectivity index (χ0) is 21.9. The van der Waals surface area contributed by atoms with Gasteiger partial charge >= 0.3 is 12.2 Å². The van der Waals surface area contributed by atoms with Crippen molar-refractivity contribution in [2.24, 2.45) is 0 Å². The number of nitrogens with zero attached hydrogens (tertiary/aromatic N) is 1. The van der Waals surface area contributed by atoms with E-state index in [9.17, 15) is 27.6 Å². The average molecular weight is 421 g/mol. The lowest BCUT2D eigenvalue weighted by Crippen LogP contribution is -2.69. The highest BCUT2D eigenvalue weighted by Crippen LogP contribution is 2.34. The molecule has 0 radical (unpaired) electrons. The number of methoxy groups -OCH3 is 1. The second kappa shape index (κ2) is 8.05. The van der Waals surface area contributed by atoms with E-state index >= 15 is 0 Å². The Labute approximate surface area is 169 Å². The number of rotatable bonds is 6. The van der Waals surface area contributed by atoms with Crippen LogP contribution in [0, 0.1) is 0 Å². The first kappa shape index (κ1) is 21.2. The average Bonchev–Trinajstić information content (AvgIpc) is 2.97. The molecule has 10 heteroatoms. The zero-order valence-corrected chi connectivity index (χ0v) is 15.8. The molecule has 1 aliphatic rings. The van der Waals surface area contributed by atoms with Crippen molar-refractivity contribution < 1.29 is 32.3 Å². The van der Waals surface area contributed by atoms with Gasteiger partial charge in [-0.2, -0.15) is 13.2 Å². The summed E-state index contributed by atoms with van der Waals surface area (Å²) >= 11 is 0. The molecular weight excluding hydrogens is 403 g/mol. The normalized spacial score (nSPS) is 18.9. The van der Waals surface area contributed by atoms with Gasteiger partial charge in [0.25, 0.3) is 17.5 Å². The van der Waals surface area contributed by atoms with Crippen molar-refractivity contribution in [1.29, 1.82) is 0 Å². The van der Waals surface area contributed by atoms with E-state index in [2.05, 4.69) is 0 Å². The fourth-order valence-electron chi connectivity index (χ4n) is 3.00. The van der Waals surface area contributed by atoms with Crippen molar-refractivity contribution in [1.82, 2.24) is 15.5 Å². The third-order valence-electron chi connectivity index (χ3n) is 4.65. The van der Waals surface area contributed by atoms with Crippen LogP contribution in [0.5, 0.6) is 5.75 Å². The largest absolute Gasteiger partial charge is 0.497 e. The fourth-order valence-corrected chi connectivity index (χ4v) is 3.00. The van der Waals surface area contributed by atoms with E-state index in [1.807, 2.05) is 0 Å². The molecule has 30 heavy (non-hydrogen) atoms. The number of halogens is 3. The SMILES string of the molecule is COc1ccc(C(=O)NC2(C(F)(F)F)NC(=O)N(CCc3ccccc3)C2=O)cc1. The van der Waals surface area contributed by atoms with Crippen LogP contribution in [0.3, 0.4) is 0 Å². The van der Waals surface area contributed by atoms with Gasteiger partial charge in [0.1, 0.15) is 5.75 Å². The number of urea groups is 1. The molecule has 1 fully saturated rings. The summed E-state index contributed by atoms with van der Waals surface area (Å²) in [6, 6.07) is 12.7. The lowest BCUT2D eigenvalue weighted by atomic mass is 10.1. The Balaban J connectivity index is 1.83. The van der Waals surface area contributed by atoms with Crippen molar-refractivity contribution in [2.75, 3.05) is 13.7 Å². The van der Waals surface area contributed by atoms with E-state index < -0.39 is 29.7 Å². The Bertz CT molecular complexity index is 948. The van der Waals surface area contributed by atoms with Gasteiger partial charge in [-0.3, -0.25) is 19.8 Å². The maximum atomic E-state index is 13.9. The summed E-state index contributed by atoms with van der Waals surface area (Å²) in [5.41, 5.74) is -2.94. The number of nitrogens with one attached hydrogen (secondary N) is 2. The molecule has 0 aliphatic carbocycles. The van der Waals surface area contributed by atoms with Crippen LogP contribution in [0.2, 0.25) is 0 Å². The van der Waals surface area contributed by atoms with Crippen molar-refractivity contribution >= 4 is 17.8 Å². The third-order valence-corrected chi connectivity index (χ3v) is 4.65. The standard InChI is InChI=1S/C20H18F3N3O4/c1-30-15-9-7-14(8-10-15)16(27)24-19(20(21,22)23)17(28)26(18(29)25-19)12-11-13-5-3-2-4-6-13/h2-10H,11-12H2,1H3,(H,24,27)(H,25,29). The highest BCUT2D eigenvalue weighted by atomic mass is 19.4. The molecule has 0 aromatic heterocycles. The summed E-state index contributed by atoms with van der Waals surface area (Å²) in [5, 5.41) is 3.29. The molecule has 2 aromatic carbocycles. The van der Waals surface area contributed by atoms with Crippen LogP contribution in [0.25, 0.3) is 0 Å². The lowest BCUT2D eigenvalue weighted by Gasteiger charge is -2.29. The van der Waals surface area contributed by atoms with E-state index in [1.54, 1.807) is 41.0 Å². The highest BCUT2D eigenvalue weighted by molar-refractivity contribution is 6.10. The van der Waals surface area contributed by atoms with Gasteiger partial charge in [-0.1, -0.05) is 30.3 Å². The predicted molar refractivity (Wildman–Crippen MR) is 99.6 cm³/mol. The van der Waals surface area contributed by atoms with Crippen molar-refractivity contribution in [2.45, 2.75) is 18.3 Å². The molecule has 1 unspecified atom stereocenters. The summed E-state index contributed by atoms with van der Waals surface area (Å²) in [5.74, 6) is -2.36. The first-order valence-electron chi connectivity index (χ1n) is 8.89. The van der Waals surface area contributed by atoms with E-state index in [0.717, 1.165) is 5.56 Å². The molecule has 7 nitrogen and oxygen atoms in total. The Hall–Kier alpha value is -3.56. The van der Waals surface area contributed by atoms with E-state index in [-0.39, 0.29) is 18.5 Å². The minimum atomic E-state index is -5.26. The molecule has 158 valence electrons. The van der Waals surface area contributed by atoms with Gasteiger partial charge in [0, 0.05) is 12.1 Å². The monoisotopic (exact) mass is 421 g/mol. The van der Waals surface area contributed by atoms with Crippen LogP contribution < -0.4 is 15.4 Å². The second-order valence-electron chi connectivity index (χ2n) is 6.55. The molecule has 1 heterocycles. The molecule has 0 saturated carbocycles. The topological polar surface area (TPSA) is 87.7 Å². The molecule has 1 aliphatic heterocycles. The Morgan fingerprint density at radius 1 is 1.10 bits per heavy atom. The van der Waals surface area contributed by atoms with Gasteiger partial charge in [-0.15, -0.1) is 0 Å². The molecular formula is C20H18F3N3O4. The Morgan fingerprint density at radius 2 is 1.73 bits per heavy atom. The van der Waals surface area contributed by atoms with Crippen LogP contribution in [0.1, 0.15) is 15.9 Å². The molecule has 2 N–H and O–H groups in total. The Kier molecular flexibility index (Phi) is 5.68. The maximum Gasteiger partial charge on any atom is 0.440 e. The fraction of sp³-hybridized carbons (Fsp3) is 0.250. The Morgan fingerprint density at radius 3 is 2.30 bits per heavy atom. The number of hydrogen-bond donors (Lipinski definition) is 2. The lowest BCUT2D eigenvalue weighted by molar-refractivity contribution is -0.200.